The van der Waals surface area contributed by atoms with Gasteiger partial charge in [-0.1, -0.05) is 13.3 Å². The van der Waals surface area contributed by atoms with E-state index >= 15 is 0 Å². The Hall–Kier alpha value is -1.17. The molecule has 0 saturated heterocycles. The molecule has 0 atom stereocenters. The lowest BCUT2D eigenvalue weighted by molar-refractivity contribution is 0.0492. The highest BCUT2D eigenvalue weighted by molar-refractivity contribution is 9.10. The zero-order valence-corrected chi connectivity index (χ0v) is 10.9. The molecule has 0 fully saturated rings. The smallest absolute Gasteiger partial charge is 0.357 e. The van der Waals surface area contributed by atoms with E-state index in [1.165, 1.54) is 6.07 Å². The first-order chi connectivity index (χ1) is 7.67. The third-order valence-corrected chi connectivity index (χ3v) is 2.26. The average Bonchev–Trinajstić information content (AvgIpc) is 2.28. The Labute approximate surface area is 103 Å². The van der Waals surface area contributed by atoms with Gasteiger partial charge in [0.15, 0.2) is 5.69 Å². The third kappa shape index (κ3) is 3.77. The largest absolute Gasteiger partial charge is 0.461 e. The Bertz CT molecular complexity index is 371. The predicted octanol–water partition coefficient (Wildman–Crippen LogP) is 2.24. The molecule has 5 nitrogen and oxygen atoms in total. The van der Waals surface area contributed by atoms with E-state index in [-0.39, 0.29) is 5.69 Å². The van der Waals surface area contributed by atoms with E-state index in [0.29, 0.717) is 17.2 Å². The van der Waals surface area contributed by atoms with Crippen LogP contribution in [0.5, 0.6) is 0 Å². The molecule has 0 amide bonds. The van der Waals surface area contributed by atoms with Gasteiger partial charge in [-0.15, -0.1) is 0 Å². The van der Waals surface area contributed by atoms with Crippen LogP contribution in [0.4, 0.5) is 5.95 Å². The van der Waals surface area contributed by atoms with Crippen LogP contribution >= 0.6 is 15.9 Å². The van der Waals surface area contributed by atoms with Gasteiger partial charge in [0, 0.05) is 13.1 Å². The molecule has 0 spiro atoms. The SMILES string of the molecule is CCCCOC(=O)c1cc(Br)nc(NC)n1. The lowest BCUT2D eigenvalue weighted by atomic mass is 10.3. The number of rotatable bonds is 5. The van der Waals surface area contributed by atoms with Gasteiger partial charge in [0.25, 0.3) is 0 Å². The van der Waals surface area contributed by atoms with E-state index in [9.17, 15) is 4.79 Å². The summed E-state index contributed by atoms with van der Waals surface area (Å²) >= 11 is 3.21. The van der Waals surface area contributed by atoms with E-state index in [1.54, 1.807) is 7.05 Å². The van der Waals surface area contributed by atoms with Crippen molar-refractivity contribution < 1.29 is 9.53 Å². The summed E-state index contributed by atoms with van der Waals surface area (Å²) in [7, 11) is 1.69. The number of aromatic nitrogens is 2. The topological polar surface area (TPSA) is 64.1 Å². The fraction of sp³-hybridized carbons (Fsp3) is 0.500. The van der Waals surface area contributed by atoms with E-state index < -0.39 is 5.97 Å². The number of ether oxygens (including phenoxy) is 1. The number of carbonyl (C=O) groups excluding carboxylic acids is 1. The molecule has 1 aromatic rings. The Balaban J connectivity index is 2.71. The molecule has 0 aliphatic heterocycles. The maximum Gasteiger partial charge on any atom is 0.357 e. The number of halogens is 1. The van der Waals surface area contributed by atoms with Crippen LogP contribution in [0, 0.1) is 0 Å². The van der Waals surface area contributed by atoms with Gasteiger partial charge in [0.05, 0.1) is 6.61 Å². The summed E-state index contributed by atoms with van der Waals surface area (Å²) in [5.41, 5.74) is 0.252. The van der Waals surface area contributed by atoms with Crippen LogP contribution in [0.2, 0.25) is 0 Å². The molecule has 0 saturated carbocycles. The van der Waals surface area contributed by atoms with Crippen molar-refractivity contribution in [1.82, 2.24) is 9.97 Å². The molecular formula is C10H14BrN3O2. The molecule has 0 unspecified atom stereocenters. The first-order valence-electron chi connectivity index (χ1n) is 5.06. The fourth-order valence-corrected chi connectivity index (χ4v) is 1.40. The number of carbonyl (C=O) groups is 1. The molecule has 0 aromatic carbocycles. The fourth-order valence-electron chi connectivity index (χ4n) is 1.02. The first-order valence-corrected chi connectivity index (χ1v) is 5.86. The second kappa shape index (κ2) is 6.42. The van der Waals surface area contributed by atoms with Crippen molar-refractivity contribution in [2.45, 2.75) is 19.8 Å². The lowest BCUT2D eigenvalue weighted by Crippen LogP contribution is -2.10. The van der Waals surface area contributed by atoms with Crippen molar-refractivity contribution >= 4 is 27.8 Å². The van der Waals surface area contributed by atoms with Crippen LogP contribution in [0.3, 0.4) is 0 Å². The average molecular weight is 288 g/mol. The van der Waals surface area contributed by atoms with Crippen LogP contribution in [0.25, 0.3) is 0 Å². The lowest BCUT2D eigenvalue weighted by Gasteiger charge is -2.05. The van der Waals surface area contributed by atoms with Gasteiger partial charge >= 0.3 is 5.97 Å². The Morgan fingerprint density at radius 1 is 1.56 bits per heavy atom. The van der Waals surface area contributed by atoms with Crippen LogP contribution in [0.1, 0.15) is 30.3 Å². The highest BCUT2D eigenvalue weighted by atomic mass is 79.9. The number of hydrogen-bond donors (Lipinski definition) is 1. The van der Waals surface area contributed by atoms with E-state index in [2.05, 4.69) is 31.2 Å². The minimum atomic E-state index is -0.423. The number of esters is 1. The Kier molecular flexibility index (Phi) is 5.18. The monoisotopic (exact) mass is 287 g/mol. The van der Waals surface area contributed by atoms with Crippen LogP contribution in [-0.2, 0) is 4.74 Å². The molecule has 1 heterocycles. The van der Waals surface area contributed by atoms with E-state index in [4.69, 9.17) is 4.74 Å². The maximum absolute atomic E-state index is 11.6. The molecule has 16 heavy (non-hydrogen) atoms. The number of nitrogens with zero attached hydrogens (tertiary/aromatic N) is 2. The summed E-state index contributed by atoms with van der Waals surface area (Å²) in [6.45, 7) is 2.46. The summed E-state index contributed by atoms with van der Waals surface area (Å²) in [6.07, 6.45) is 1.85. The standard InChI is InChI=1S/C10H14BrN3O2/c1-3-4-5-16-9(15)7-6-8(11)14-10(12-2)13-7/h6H,3-5H2,1-2H3,(H,12,13,14). The highest BCUT2D eigenvalue weighted by Gasteiger charge is 2.11. The zero-order valence-electron chi connectivity index (χ0n) is 9.29. The van der Waals surface area contributed by atoms with Crippen LogP contribution in [-0.4, -0.2) is 29.6 Å². The van der Waals surface area contributed by atoms with Gasteiger partial charge in [-0.05, 0) is 22.4 Å². The first kappa shape index (κ1) is 12.9. The minimum absolute atomic E-state index is 0.252. The maximum atomic E-state index is 11.6. The van der Waals surface area contributed by atoms with Crippen molar-refractivity contribution in [1.29, 1.82) is 0 Å². The van der Waals surface area contributed by atoms with Crippen molar-refractivity contribution in [3.63, 3.8) is 0 Å². The van der Waals surface area contributed by atoms with Gasteiger partial charge in [0.1, 0.15) is 4.60 Å². The minimum Gasteiger partial charge on any atom is -0.461 e. The molecule has 0 bridgehead atoms. The zero-order chi connectivity index (χ0) is 12.0. The van der Waals surface area contributed by atoms with Gasteiger partial charge in [0.2, 0.25) is 5.95 Å². The number of unbranched alkanes of at least 4 members (excludes halogenated alkanes) is 1. The van der Waals surface area contributed by atoms with Gasteiger partial charge in [-0.25, -0.2) is 14.8 Å². The third-order valence-electron chi connectivity index (χ3n) is 1.86. The highest BCUT2D eigenvalue weighted by Crippen LogP contribution is 2.11. The van der Waals surface area contributed by atoms with Crippen molar-refractivity contribution in [2.24, 2.45) is 0 Å². The Morgan fingerprint density at radius 3 is 2.94 bits per heavy atom. The summed E-state index contributed by atoms with van der Waals surface area (Å²) in [5.74, 6) is -0.0372. The summed E-state index contributed by atoms with van der Waals surface area (Å²) in [5, 5.41) is 2.77. The van der Waals surface area contributed by atoms with E-state index in [1.807, 2.05) is 6.92 Å². The molecule has 1 rings (SSSR count). The second-order valence-electron chi connectivity index (χ2n) is 3.14. The van der Waals surface area contributed by atoms with Crippen LogP contribution in [0.15, 0.2) is 10.7 Å². The Morgan fingerprint density at radius 2 is 2.31 bits per heavy atom. The molecule has 0 aliphatic carbocycles. The number of anilines is 1. The number of hydrogen-bond acceptors (Lipinski definition) is 5. The van der Waals surface area contributed by atoms with Crippen molar-refractivity contribution in [3.8, 4) is 0 Å². The van der Waals surface area contributed by atoms with Gasteiger partial charge < -0.3 is 10.1 Å². The summed E-state index contributed by atoms with van der Waals surface area (Å²) in [6, 6.07) is 1.54. The molecule has 0 aliphatic rings. The molecule has 6 heteroatoms. The normalized spacial score (nSPS) is 9.94. The van der Waals surface area contributed by atoms with E-state index in [0.717, 1.165) is 12.8 Å². The molecule has 88 valence electrons. The van der Waals surface area contributed by atoms with Crippen LogP contribution < -0.4 is 5.32 Å². The molecular weight excluding hydrogens is 274 g/mol. The van der Waals surface area contributed by atoms with Gasteiger partial charge in [-0.3, -0.25) is 0 Å². The summed E-state index contributed by atoms with van der Waals surface area (Å²) in [4.78, 5) is 19.6. The summed E-state index contributed by atoms with van der Waals surface area (Å²) < 4.78 is 5.60. The van der Waals surface area contributed by atoms with Gasteiger partial charge in [-0.2, -0.15) is 0 Å². The number of nitrogens with one attached hydrogen (secondary N) is 1. The second-order valence-corrected chi connectivity index (χ2v) is 3.95. The van der Waals surface area contributed by atoms with Crippen molar-refractivity contribution in [3.05, 3.63) is 16.4 Å². The quantitative estimate of drug-likeness (QED) is 0.511. The van der Waals surface area contributed by atoms with Crippen molar-refractivity contribution in [2.75, 3.05) is 19.0 Å². The molecule has 1 N–H and O–H groups in total. The predicted molar refractivity (Wildman–Crippen MR) is 64.5 cm³/mol. The molecule has 0 radical (unpaired) electrons. The molecule has 1 aromatic heterocycles.